The third kappa shape index (κ3) is 1.61. The predicted molar refractivity (Wildman–Crippen MR) is 70.7 cm³/mol. The number of para-hydroxylation sites is 1. The first-order valence-corrected chi connectivity index (χ1v) is 6.38. The van der Waals surface area contributed by atoms with E-state index in [9.17, 15) is 4.79 Å². The van der Waals surface area contributed by atoms with E-state index in [1.54, 1.807) is 16.2 Å². The Balaban J connectivity index is 2.05. The van der Waals surface area contributed by atoms with Gasteiger partial charge < -0.3 is 5.32 Å². The lowest BCUT2D eigenvalue weighted by Gasteiger charge is -2.34. The second kappa shape index (κ2) is 3.89. The number of anilines is 2. The zero-order valence-electron chi connectivity index (χ0n) is 9.38. The lowest BCUT2D eigenvalue weighted by atomic mass is 10.1. The second-order valence-corrected chi connectivity index (χ2v) is 4.91. The van der Waals surface area contributed by atoms with Crippen molar-refractivity contribution in [3.05, 3.63) is 47.3 Å². The summed E-state index contributed by atoms with van der Waals surface area (Å²) in [6, 6.07) is 11.6. The van der Waals surface area contributed by atoms with Gasteiger partial charge in [-0.2, -0.15) is 0 Å². The maximum Gasteiger partial charge on any atom is 0.262 e. The first-order chi connectivity index (χ1) is 8.27. The van der Waals surface area contributed by atoms with Crippen molar-refractivity contribution in [2.75, 3.05) is 10.2 Å². The number of rotatable bonds is 1. The summed E-state index contributed by atoms with van der Waals surface area (Å²) in [6.45, 7) is 1.99. The molecule has 0 fully saturated rings. The number of hydrogen-bond donors (Lipinski definition) is 1. The van der Waals surface area contributed by atoms with E-state index >= 15 is 0 Å². The Hall–Kier alpha value is -1.81. The van der Waals surface area contributed by atoms with Gasteiger partial charge in [0.25, 0.3) is 5.91 Å². The first-order valence-electron chi connectivity index (χ1n) is 5.50. The minimum Gasteiger partial charge on any atom is -0.356 e. The highest BCUT2D eigenvalue weighted by Crippen LogP contribution is 2.32. The summed E-state index contributed by atoms with van der Waals surface area (Å²) in [5, 5.41) is 6.25. The summed E-state index contributed by atoms with van der Waals surface area (Å²) in [5.41, 5.74) is 1.69. The summed E-state index contributed by atoms with van der Waals surface area (Å²) in [5.74, 6) is 0.0682. The van der Waals surface area contributed by atoms with E-state index in [0.717, 1.165) is 16.3 Å². The monoisotopic (exact) mass is 244 g/mol. The quantitative estimate of drug-likeness (QED) is 0.835. The van der Waals surface area contributed by atoms with E-state index in [0.29, 0.717) is 0 Å². The molecule has 1 N–H and O–H groups in total. The highest BCUT2D eigenvalue weighted by molar-refractivity contribution is 7.14. The van der Waals surface area contributed by atoms with Crippen LogP contribution in [-0.2, 0) is 0 Å². The molecule has 1 aliphatic heterocycles. The molecule has 0 radical (unpaired) electrons. The van der Waals surface area contributed by atoms with Crippen molar-refractivity contribution in [2.24, 2.45) is 0 Å². The van der Waals surface area contributed by atoms with Gasteiger partial charge in [0.15, 0.2) is 0 Å². The van der Waals surface area contributed by atoms with E-state index in [1.807, 2.05) is 48.7 Å². The van der Waals surface area contributed by atoms with Crippen LogP contribution in [0.2, 0.25) is 0 Å². The number of carbonyl (C=O) groups excluding carboxylic acids is 1. The Bertz CT molecular complexity index is 550. The van der Waals surface area contributed by atoms with E-state index in [2.05, 4.69) is 5.32 Å². The number of amides is 1. The van der Waals surface area contributed by atoms with Crippen molar-refractivity contribution in [2.45, 2.75) is 13.1 Å². The molecule has 17 heavy (non-hydrogen) atoms. The normalized spacial score (nSPS) is 18.8. The zero-order chi connectivity index (χ0) is 11.8. The summed E-state index contributed by atoms with van der Waals surface area (Å²) in [6.07, 6.45) is -0.0175. The standard InChI is InChI=1S/C13H12N2OS/c1-9-14-12-11(7-8-17-12)13(16)15(9)10-5-3-2-4-6-10/h2-9,14H,1H3. The first kappa shape index (κ1) is 10.4. The lowest BCUT2D eigenvalue weighted by Crippen LogP contribution is -2.46. The number of hydrogen-bond acceptors (Lipinski definition) is 3. The van der Waals surface area contributed by atoms with E-state index < -0.39 is 0 Å². The molecule has 3 nitrogen and oxygen atoms in total. The topological polar surface area (TPSA) is 32.3 Å². The number of thiophene rings is 1. The van der Waals surface area contributed by atoms with Crippen molar-refractivity contribution in [1.82, 2.24) is 0 Å². The number of benzene rings is 1. The van der Waals surface area contributed by atoms with Crippen LogP contribution >= 0.6 is 11.3 Å². The molecule has 0 bridgehead atoms. The summed E-state index contributed by atoms with van der Waals surface area (Å²) in [7, 11) is 0. The van der Waals surface area contributed by atoms with Gasteiger partial charge in [0, 0.05) is 5.69 Å². The highest BCUT2D eigenvalue weighted by Gasteiger charge is 2.30. The number of fused-ring (bicyclic) bond motifs is 1. The molecular formula is C13H12N2OS. The number of carbonyl (C=O) groups is 1. The molecule has 0 saturated carbocycles. The van der Waals surface area contributed by atoms with Gasteiger partial charge in [-0.15, -0.1) is 11.3 Å². The molecule has 1 aromatic heterocycles. The molecule has 1 atom stereocenters. The minimum absolute atomic E-state index is 0.0175. The fraction of sp³-hybridized carbons (Fsp3) is 0.154. The molecule has 0 aliphatic carbocycles. The molecule has 3 rings (SSSR count). The molecule has 0 saturated heterocycles. The van der Waals surface area contributed by atoms with Crippen molar-refractivity contribution in [3.63, 3.8) is 0 Å². The zero-order valence-corrected chi connectivity index (χ0v) is 10.2. The molecule has 1 aliphatic rings. The van der Waals surface area contributed by atoms with Crippen LogP contribution in [0.3, 0.4) is 0 Å². The Morgan fingerprint density at radius 3 is 2.76 bits per heavy atom. The fourth-order valence-corrected chi connectivity index (χ4v) is 2.94. The highest BCUT2D eigenvalue weighted by atomic mass is 32.1. The van der Waals surface area contributed by atoms with Crippen LogP contribution in [0.5, 0.6) is 0 Å². The molecule has 86 valence electrons. The maximum atomic E-state index is 12.4. The molecule has 4 heteroatoms. The van der Waals surface area contributed by atoms with Crippen molar-refractivity contribution < 1.29 is 4.79 Å². The van der Waals surface area contributed by atoms with Crippen LogP contribution in [0, 0.1) is 0 Å². The van der Waals surface area contributed by atoms with E-state index in [4.69, 9.17) is 0 Å². The van der Waals surface area contributed by atoms with Gasteiger partial charge >= 0.3 is 0 Å². The molecule has 0 spiro atoms. The maximum absolute atomic E-state index is 12.4. The molecule has 2 aromatic rings. The third-order valence-corrected chi connectivity index (χ3v) is 3.72. The largest absolute Gasteiger partial charge is 0.356 e. The molecule has 1 amide bonds. The number of nitrogens with one attached hydrogen (secondary N) is 1. The Kier molecular flexibility index (Phi) is 2.37. The Morgan fingerprint density at radius 1 is 1.24 bits per heavy atom. The summed E-state index contributed by atoms with van der Waals surface area (Å²) < 4.78 is 0. The second-order valence-electron chi connectivity index (χ2n) is 3.99. The predicted octanol–water partition coefficient (Wildman–Crippen LogP) is 3.17. The van der Waals surface area contributed by atoms with Gasteiger partial charge in [-0.3, -0.25) is 9.69 Å². The molecule has 2 heterocycles. The van der Waals surface area contributed by atoms with Crippen molar-refractivity contribution >= 4 is 27.9 Å². The summed E-state index contributed by atoms with van der Waals surface area (Å²) >= 11 is 1.57. The van der Waals surface area contributed by atoms with Gasteiger partial charge in [-0.25, -0.2) is 0 Å². The van der Waals surface area contributed by atoms with Gasteiger partial charge in [0.05, 0.1) is 5.56 Å². The van der Waals surface area contributed by atoms with Crippen LogP contribution in [0.15, 0.2) is 41.8 Å². The van der Waals surface area contributed by atoms with Gasteiger partial charge in [-0.1, -0.05) is 18.2 Å². The van der Waals surface area contributed by atoms with Gasteiger partial charge in [0.1, 0.15) is 11.2 Å². The lowest BCUT2D eigenvalue weighted by molar-refractivity contribution is 0.0978. The van der Waals surface area contributed by atoms with Crippen molar-refractivity contribution in [3.8, 4) is 0 Å². The average molecular weight is 244 g/mol. The summed E-state index contributed by atoms with van der Waals surface area (Å²) in [4.78, 5) is 14.2. The third-order valence-electron chi connectivity index (χ3n) is 2.88. The average Bonchev–Trinajstić information content (AvgIpc) is 2.78. The van der Waals surface area contributed by atoms with Crippen molar-refractivity contribution in [1.29, 1.82) is 0 Å². The fourth-order valence-electron chi connectivity index (χ4n) is 2.08. The van der Waals surface area contributed by atoms with E-state index in [-0.39, 0.29) is 12.1 Å². The van der Waals surface area contributed by atoms with E-state index in [1.165, 1.54) is 0 Å². The molecule has 1 unspecified atom stereocenters. The van der Waals surface area contributed by atoms with Gasteiger partial charge in [0.2, 0.25) is 0 Å². The number of nitrogens with zero attached hydrogens (tertiary/aromatic N) is 1. The smallest absolute Gasteiger partial charge is 0.262 e. The van der Waals surface area contributed by atoms with Crippen LogP contribution in [0.4, 0.5) is 10.7 Å². The van der Waals surface area contributed by atoms with Crippen LogP contribution < -0.4 is 10.2 Å². The van der Waals surface area contributed by atoms with Crippen LogP contribution in [0.1, 0.15) is 17.3 Å². The Labute approximate surface area is 104 Å². The molecular weight excluding hydrogens is 232 g/mol. The van der Waals surface area contributed by atoms with Crippen LogP contribution in [-0.4, -0.2) is 12.1 Å². The minimum atomic E-state index is -0.0175. The molecule has 1 aromatic carbocycles. The Morgan fingerprint density at radius 2 is 2.00 bits per heavy atom. The SMILES string of the molecule is CC1Nc2sccc2C(=O)N1c1ccccc1. The van der Waals surface area contributed by atoms with Gasteiger partial charge in [-0.05, 0) is 30.5 Å². The van der Waals surface area contributed by atoms with Crippen LogP contribution in [0.25, 0.3) is 0 Å².